The minimum atomic E-state index is -1.58. The van der Waals surface area contributed by atoms with Crippen LogP contribution in [-0.2, 0) is 0 Å². The number of hydrogen-bond donors (Lipinski definition) is 2. The number of anilines is 1. The van der Waals surface area contributed by atoms with E-state index in [2.05, 4.69) is 10.1 Å². The average Bonchev–Trinajstić information content (AvgIpc) is 3.43. The predicted octanol–water partition coefficient (Wildman–Crippen LogP) is 3.37. The molecule has 5 rings (SSSR count). The highest BCUT2D eigenvalue weighted by molar-refractivity contribution is 6.38. The van der Waals surface area contributed by atoms with E-state index < -0.39 is 17.4 Å². The fourth-order valence-corrected chi connectivity index (χ4v) is 5.14. The highest BCUT2D eigenvalue weighted by Gasteiger charge is 2.37. The van der Waals surface area contributed by atoms with Crippen molar-refractivity contribution in [1.29, 1.82) is 0 Å². The van der Waals surface area contributed by atoms with Gasteiger partial charge in [0.25, 0.3) is 0 Å². The lowest BCUT2D eigenvalue weighted by molar-refractivity contribution is 0.143. The minimum Gasteiger partial charge on any atom is -0.449 e. The molecule has 1 saturated carbocycles. The van der Waals surface area contributed by atoms with Crippen molar-refractivity contribution in [3.8, 4) is 5.75 Å². The fourth-order valence-electron chi connectivity index (χ4n) is 4.73. The number of carbonyl (C=O) groups is 1. The first kappa shape index (κ1) is 18.7. The zero-order valence-electron chi connectivity index (χ0n) is 15.7. The number of piperidine rings is 1. The van der Waals surface area contributed by atoms with Gasteiger partial charge >= 0.3 is 6.16 Å². The molecule has 3 aliphatic rings. The van der Waals surface area contributed by atoms with Gasteiger partial charge in [-0.2, -0.15) is 0 Å². The Labute approximate surface area is 171 Å². The summed E-state index contributed by atoms with van der Waals surface area (Å²) in [5.41, 5.74) is 0.0793. The molecule has 1 aliphatic carbocycles. The van der Waals surface area contributed by atoms with Crippen LogP contribution in [0.5, 0.6) is 5.75 Å². The van der Waals surface area contributed by atoms with Crippen molar-refractivity contribution >= 4 is 34.3 Å². The van der Waals surface area contributed by atoms with E-state index in [0.29, 0.717) is 36.3 Å². The number of benzene rings is 1. The Balaban J connectivity index is 1.67. The van der Waals surface area contributed by atoms with E-state index in [1.165, 1.54) is 12.3 Å². The third kappa shape index (κ3) is 3.14. The van der Waals surface area contributed by atoms with E-state index in [1.54, 1.807) is 4.57 Å². The second-order valence-electron chi connectivity index (χ2n) is 8.11. The first-order valence-corrected chi connectivity index (χ1v) is 10.3. The first-order valence-electron chi connectivity index (χ1n) is 9.90. The molecule has 0 amide bonds. The second-order valence-corrected chi connectivity index (χ2v) is 8.49. The molecule has 3 fully saturated rings. The molecule has 7 nitrogen and oxygen atoms in total. The Hall–Kier alpha value is -2.32. The van der Waals surface area contributed by atoms with Crippen molar-refractivity contribution in [3.63, 3.8) is 0 Å². The maximum atomic E-state index is 15.2. The van der Waals surface area contributed by atoms with Gasteiger partial charge in [0, 0.05) is 25.2 Å². The molecule has 2 atom stereocenters. The Morgan fingerprint density at radius 3 is 2.79 bits per heavy atom. The SMILES string of the molecule is O=C(O)Oc1cn(C2CC2)c2c(Cl)c(N3C[C@@H]4CCCN[C@@H]4C3)c(F)cc2c1=O. The lowest BCUT2D eigenvalue weighted by Gasteiger charge is -2.24. The van der Waals surface area contributed by atoms with Crippen molar-refractivity contribution in [3.05, 3.63) is 33.3 Å². The van der Waals surface area contributed by atoms with E-state index in [1.807, 2.05) is 4.90 Å². The molecule has 2 saturated heterocycles. The van der Waals surface area contributed by atoms with Crippen LogP contribution in [0, 0.1) is 11.7 Å². The average molecular weight is 422 g/mol. The molecule has 0 unspecified atom stereocenters. The minimum absolute atomic E-state index is 0.0386. The molecular weight excluding hydrogens is 401 g/mol. The van der Waals surface area contributed by atoms with Gasteiger partial charge in [0.05, 0.1) is 27.8 Å². The highest BCUT2D eigenvalue weighted by Crippen LogP contribution is 2.43. The normalized spacial score (nSPS) is 24.0. The number of halogens is 2. The van der Waals surface area contributed by atoms with Gasteiger partial charge in [-0.05, 0) is 44.2 Å². The van der Waals surface area contributed by atoms with Crippen LogP contribution in [0.1, 0.15) is 31.7 Å². The summed E-state index contributed by atoms with van der Waals surface area (Å²) in [5.74, 6) is -0.462. The summed E-state index contributed by atoms with van der Waals surface area (Å²) in [6, 6.07) is 1.57. The van der Waals surface area contributed by atoms with E-state index >= 15 is 4.39 Å². The van der Waals surface area contributed by atoms with Crippen LogP contribution >= 0.6 is 11.6 Å². The molecule has 1 aromatic carbocycles. The first-order chi connectivity index (χ1) is 13.9. The summed E-state index contributed by atoms with van der Waals surface area (Å²) in [5, 5.41) is 12.7. The number of rotatable bonds is 3. The summed E-state index contributed by atoms with van der Waals surface area (Å²) in [4.78, 5) is 25.7. The predicted molar refractivity (Wildman–Crippen MR) is 107 cm³/mol. The quantitative estimate of drug-likeness (QED) is 0.739. The third-order valence-electron chi connectivity index (χ3n) is 6.20. The number of hydrogen-bond acceptors (Lipinski definition) is 5. The molecular formula is C20H21ClFN3O4. The molecule has 2 aliphatic heterocycles. The topological polar surface area (TPSA) is 83.8 Å². The standard InChI is InChI=1S/C20H21ClFN3O4/c21-16-17-12(19(26)15(29-20(27)28)9-25(17)11-3-4-11)6-13(22)18(16)24-7-10-2-1-5-23-14(10)8-24/h6,9-11,14,23H,1-5,7-8H2,(H,27,28)/t10-,14+/m0/s1. The summed E-state index contributed by atoms with van der Waals surface area (Å²) in [6.45, 7) is 2.35. The summed E-state index contributed by atoms with van der Waals surface area (Å²) < 4.78 is 21.6. The largest absolute Gasteiger partial charge is 0.511 e. The van der Waals surface area contributed by atoms with Gasteiger partial charge in [-0.1, -0.05) is 11.6 Å². The van der Waals surface area contributed by atoms with Gasteiger partial charge in [0.2, 0.25) is 5.43 Å². The van der Waals surface area contributed by atoms with E-state index in [4.69, 9.17) is 16.7 Å². The maximum Gasteiger partial charge on any atom is 0.511 e. The number of pyridine rings is 1. The summed E-state index contributed by atoms with van der Waals surface area (Å²) in [6.07, 6.45) is 3.77. The molecule has 0 bridgehead atoms. The number of fused-ring (bicyclic) bond motifs is 2. The fraction of sp³-hybridized carbons (Fsp3) is 0.500. The van der Waals surface area contributed by atoms with Crippen LogP contribution in [0.25, 0.3) is 10.9 Å². The van der Waals surface area contributed by atoms with Crippen molar-refractivity contribution in [2.24, 2.45) is 5.92 Å². The van der Waals surface area contributed by atoms with Crippen molar-refractivity contribution in [2.45, 2.75) is 37.8 Å². The summed E-state index contributed by atoms with van der Waals surface area (Å²) in [7, 11) is 0. The lowest BCUT2D eigenvalue weighted by Crippen LogP contribution is -2.40. The van der Waals surface area contributed by atoms with Gasteiger partial charge in [-0.3, -0.25) is 4.79 Å². The number of nitrogens with one attached hydrogen (secondary N) is 1. The van der Waals surface area contributed by atoms with E-state index in [9.17, 15) is 9.59 Å². The number of aromatic nitrogens is 1. The Morgan fingerprint density at radius 1 is 1.31 bits per heavy atom. The zero-order chi connectivity index (χ0) is 20.3. The lowest BCUT2D eigenvalue weighted by atomic mass is 9.94. The summed E-state index contributed by atoms with van der Waals surface area (Å²) >= 11 is 6.71. The number of nitrogens with zero attached hydrogens (tertiary/aromatic N) is 2. The van der Waals surface area contributed by atoms with Gasteiger partial charge in [0.1, 0.15) is 5.82 Å². The van der Waals surface area contributed by atoms with E-state index in [0.717, 1.165) is 32.2 Å². The van der Waals surface area contributed by atoms with Crippen molar-refractivity contribution < 1.29 is 19.0 Å². The van der Waals surface area contributed by atoms with Crippen LogP contribution in [0.2, 0.25) is 5.02 Å². The molecule has 29 heavy (non-hydrogen) atoms. The Morgan fingerprint density at radius 2 is 2.10 bits per heavy atom. The highest BCUT2D eigenvalue weighted by atomic mass is 35.5. The van der Waals surface area contributed by atoms with Crippen LogP contribution in [0.4, 0.5) is 14.9 Å². The van der Waals surface area contributed by atoms with Gasteiger partial charge < -0.3 is 24.6 Å². The molecule has 9 heteroatoms. The molecule has 1 aromatic heterocycles. The van der Waals surface area contributed by atoms with Crippen LogP contribution in [0.3, 0.4) is 0 Å². The Kier molecular flexibility index (Phi) is 4.43. The third-order valence-corrected chi connectivity index (χ3v) is 6.56. The number of carboxylic acid groups (broad SMARTS) is 1. The van der Waals surface area contributed by atoms with Gasteiger partial charge in [0.15, 0.2) is 5.75 Å². The monoisotopic (exact) mass is 421 g/mol. The van der Waals surface area contributed by atoms with Crippen molar-refractivity contribution in [1.82, 2.24) is 9.88 Å². The van der Waals surface area contributed by atoms with E-state index in [-0.39, 0.29) is 22.2 Å². The molecule has 2 aromatic rings. The smallest absolute Gasteiger partial charge is 0.449 e. The molecule has 0 spiro atoms. The molecule has 154 valence electrons. The number of ether oxygens (including phenoxy) is 1. The van der Waals surface area contributed by atoms with Crippen LogP contribution in [0.15, 0.2) is 17.1 Å². The van der Waals surface area contributed by atoms with Crippen LogP contribution < -0.4 is 20.4 Å². The molecule has 3 heterocycles. The van der Waals surface area contributed by atoms with Crippen LogP contribution in [-0.4, -0.2) is 41.5 Å². The van der Waals surface area contributed by atoms with Gasteiger partial charge in [-0.15, -0.1) is 0 Å². The van der Waals surface area contributed by atoms with Gasteiger partial charge in [-0.25, -0.2) is 9.18 Å². The molecule has 0 radical (unpaired) electrons. The second kappa shape index (κ2) is 6.88. The Bertz CT molecular complexity index is 1050. The molecule has 2 N–H and O–H groups in total. The zero-order valence-corrected chi connectivity index (χ0v) is 16.4. The maximum absolute atomic E-state index is 15.2. The van der Waals surface area contributed by atoms with Crippen molar-refractivity contribution in [2.75, 3.05) is 24.5 Å².